The minimum Gasteiger partial charge on any atom is -0.394 e. The van der Waals surface area contributed by atoms with E-state index in [0.29, 0.717) is 5.69 Å². The summed E-state index contributed by atoms with van der Waals surface area (Å²) in [6.45, 7) is 4.87. The van der Waals surface area contributed by atoms with Crippen LogP contribution in [0.5, 0.6) is 0 Å². The van der Waals surface area contributed by atoms with Crippen molar-refractivity contribution >= 4 is 49.1 Å². The van der Waals surface area contributed by atoms with Gasteiger partial charge >= 0.3 is 0 Å². The Labute approximate surface area is 129 Å². The van der Waals surface area contributed by atoms with Gasteiger partial charge in [-0.25, -0.2) is 4.68 Å². The Morgan fingerprint density at radius 1 is 1.32 bits per heavy atom. The minimum absolute atomic E-state index is 0.691. The molecule has 0 saturated carbocycles. The molecule has 19 heavy (non-hydrogen) atoms. The van der Waals surface area contributed by atoms with Crippen LogP contribution in [0.15, 0.2) is 27.1 Å². The number of nitrogens with one attached hydrogen (secondary N) is 1. The summed E-state index contributed by atoms with van der Waals surface area (Å²) >= 11 is 7.07. The van der Waals surface area contributed by atoms with Crippen molar-refractivity contribution in [1.82, 2.24) is 9.78 Å². The van der Waals surface area contributed by atoms with E-state index in [1.807, 2.05) is 29.8 Å². The zero-order valence-corrected chi connectivity index (χ0v) is 14.0. The summed E-state index contributed by atoms with van der Waals surface area (Å²) in [5, 5.41) is 7.82. The van der Waals surface area contributed by atoms with Gasteiger partial charge in [0.15, 0.2) is 5.82 Å². The van der Waals surface area contributed by atoms with E-state index < -0.39 is 0 Å². The molecule has 0 atom stereocenters. The summed E-state index contributed by atoms with van der Waals surface area (Å²) < 4.78 is 3.86. The molecule has 102 valence electrons. The van der Waals surface area contributed by atoms with E-state index >= 15 is 0 Å². The highest BCUT2D eigenvalue weighted by molar-refractivity contribution is 9.11. The first-order chi connectivity index (χ1) is 9.04. The zero-order valence-electron chi connectivity index (χ0n) is 10.9. The van der Waals surface area contributed by atoms with E-state index in [-0.39, 0.29) is 0 Å². The molecule has 2 rings (SSSR count). The van der Waals surface area contributed by atoms with Crippen molar-refractivity contribution in [2.24, 2.45) is 0 Å². The third-order valence-corrected chi connectivity index (χ3v) is 4.14. The molecule has 0 radical (unpaired) electrons. The van der Waals surface area contributed by atoms with Crippen LogP contribution in [0.3, 0.4) is 0 Å². The maximum atomic E-state index is 6.11. The number of hydrogen-bond acceptors (Lipinski definition) is 3. The van der Waals surface area contributed by atoms with Crippen molar-refractivity contribution < 1.29 is 0 Å². The number of halogens is 2. The number of para-hydroxylation sites is 1. The predicted molar refractivity (Wildman–Crippen MR) is 86.8 cm³/mol. The van der Waals surface area contributed by atoms with Gasteiger partial charge in [-0.15, -0.1) is 0 Å². The van der Waals surface area contributed by atoms with E-state index in [0.717, 1.165) is 39.1 Å². The molecule has 0 aliphatic carbocycles. The van der Waals surface area contributed by atoms with E-state index in [2.05, 4.69) is 49.2 Å². The van der Waals surface area contributed by atoms with Gasteiger partial charge in [-0.3, -0.25) is 0 Å². The SMILES string of the molecule is CCCn1nc(C)c(N)c1Nc1c(Br)cccc1Br. The lowest BCUT2D eigenvalue weighted by Gasteiger charge is -2.13. The van der Waals surface area contributed by atoms with Crippen LogP contribution in [0.1, 0.15) is 19.0 Å². The highest BCUT2D eigenvalue weighted by atomic mass is 79.9. The van der Waals surface area contributed by atoms with Crippen LogP contribution in [0.4, 0.5) is 17.2 Å². The Hall–Kier alpha value is -1.01. The Bertz CT molecular complexity index is 572. The van der Waals surface area contributed by atoms with E-state index in [1.54, 1.807) is 0 Å². The van der Waals surface area contributed by atoms with Gasteiger partial charge in [0.1, 0.15) is 0 Å². The molecular formula is C13H16Br2N4. The molecule has 2 aromatic rings. The standard InChI is InChI=1S/C13H16Br2N4/c1-3-7-19-13(11(16)8(2)18-19)17-12-9(14)5-4-6-10(12)15/h4-6,17H,3,7,16H2,1-2H3. The van der Waals surface area contributed by atoms with Crippen molar-refractivity contribution in [2.75, 3.05) is 11.1 Å². The van der Waals surface area contributed by atoms with Crippen LogP contribution >= 0.6 is 31.9 Å². The Balaban J connectivity index is 2.43. The van der Waals surface area contributed by atoms with Crippen molar-refractivity contribution in [2.45, 2.75) is 26.8 Å². The fourth-order valence-corrected chi connectivity index (χ4v) is 3.03. The molecule has 4 nitrogen and oxygen atoms in total. The number of aromatic nitrogens is 2. The van der Waals surface area contributed by atoms with Crippen molar-refractivity contribution in [1.29, 1.82) is 0 Å². The third-order valence-electron chi connectivity index (χ3n) is 2.82. The summed E-state index contributed by atoms with van der Waals surface area (Å²) in [7, 11) is 0. The fraction of sp³-hybridized carbons (Fsp3) is 0.308. The average Bonchev–Trinajstić information content (AvgIpc) is 2.62. The first-order valence-corrected chi connectivity index (χ1v) is 7.67. The lowest BCUT2D eigenvalue weighted by Crippen LogP contribution is -2.06. The largest absolute Gasteiger partial charge is 0.394 e. The van der Waals surface area contributed by atoms with Crippen molar-refractivity contribution in [3.63, 3.8) is 0 Å². The van der Waals surface area contributed by atoms with Gasteiger partial charge in [-0.2, -0.15) is 5.10 Å². The smallest absolute Gasteiger partial charge is 0.152 e. The Morgan fingerprint density at radius 3 is 2.53 bits per heavy atom. The maximum Gasteiger partial charge on any atom is 0.152 e. The molecule has 0 fully saturated rings. The van der Waals surface area contributed by atoms with Crippen LogP contribution < -0.4 is 11.1 Å². The molecule has 1 aromatic heterocycles. The van der Waals surface area contributed by atoms with Gasteiger partial charge in [-0.05, 0) is 57.3 Å². The average molecular weight is 388 g/mol. The maximum absolute atomic E-state index is 6.11. The second-order valence-electron chi connectivity index (χ2n) is 4.29. The molecule has 0 bridgehead atoms. The molecule has 0 saturated heterocycles. The summed E-state index contributed by atoms with van der Waals surface area (Å²) in [5.74, 6) is 0.840. The van der Waals surface area contributed by atoms with E-state index in [1.165, 1.54) is 0 Å². The molecule has 1 heterocycles. The predicted octanol–water partition coefficient (Wildman–Crippen LogP) is 4.45. The molecule has 0 unspecified atom stereocenters. The van der Waals surface area contributed by atoms with Crippen LogP contribution in [0.2, 0.25) is 0 Å². The monoisotopic (exact) mass is 386 g/mol. The third kappa shape index (κ3) is 2.95. The van der Waals surface area contributed by atoms with Gasteiger partial charge in [0.25, 0.3) is 0 Å². The molecular weight excluding hydrogens is 372 g/mol. The Kier molecular flexibility index (Phi) is 4.52. The second-order valence-corrected chi connectivity index (χ2v) is 6.00. The summed E-state index contributed by atoms with van der Waals surface area (Å²) in [4.78, 5) is 0. The van der Waals surface area contributed by atoms with Crippen LogP contribution in [0.25, 0.3) is 0 Å². The van der Waals surface area contributed by atoms with Gasteiger partial charge < -0.3 is 11.1 Å². The number of anilines is 3. The second kappa shape index (κ2) is 5.96. The summed E-state index contributed by atoms with van der Waals surface area (Å²) in [6, 6.07) is 5.94. The number of rotatable bonds is 4. The van der Waals surface area contributed by atoms with E-state index in [4.69, 9.17) is 5.73 Å². The molecule has 3 N–H and O–H groups in total. The normalized spacial score (nSPS) is 10.7. The summed E-state index contributed by atoms with van der Waals surface area (Å²) in [6.07, 6.45) is 1.01. The van der Waals surface area contributed by atoms with Crippen LogP contribution in [0, 0.1) is 6.92 Å². The number of hydrogen-bond donors (Lipinski definition) is 2. The van der Waals surface area contributed by atoms with Gasteiger partial charge in [-0.1, -0.05) is 13.0 Å². The molecule has 0 amide bonds. The zero-order chi connectivity index (χ0) is 14.0. The first kappa shape index (κ1) is 14.4. The molecule has 0 aliphatic rings. The fourth-order valence-electron chi connectivity index (χ4n) is 1.84. The lowest BCUT2D eigenvalue weighted by molar-refractivity contribution is 0.605. The van der Waals surface area contributed by atoms with Gasteiger partial charge in [0, 0.05) is 15.5 Å². The Morgan fingerprint density at radius 2 is 1.95 bits per heavy atom. The van der Waals surface area contributed by atoms with Crippen molar-refractivity contribution in [3.05, 3.63) is 32.8 Å². The quantitative estimate of drug-likeness (QED) is 0.814. The minimum atomic E-state index is 0.691. The number of benzene rings is 1. The van der Waals surface area contributed by atoms with E-state index in [9.17, 15) is 0 Å². The van der Waals surface area contributed by atoms with Crippen LogP contribution in [-0.4, -0.2) is 9.78 Å². The highest BCUT2D eigenvalue weighted by Crippen LogP contribution is 2.35. The molecule has 1 aromatic carbocycles. The topological polar surface area (TPSA) is 55.9 Å². The number of nitrogens with zero attached hydrogens (tertiary/aromatic N) is 2. The summed E-state index contributed by atoms with van der Waals surface area (Å²) in [5.41, 5.74) is 8.59. The highest BCUT2D eigenvalue weighted by Gasteiger charge is 2.14. The number of aryl methyl sites for hydroxylation is 2. The molecule has 0 spiro atoms. The van der Waals surface area contributed by atoms with Gasteiger partial charge in [0.05, 0.1) is 17.1 Å². The van der Waals surface area contributed by atoms with Crippen LogP contribution in [-0.2, 0) is 6.54 Å². The lowest BCUT2D eigenvalue weighted by atomic mass is 10.3. The first-order valence-electron chi connectivity index (χ1n) is 6.08. The molecule has 6 heteroatoms. The molecule has 0 aliphatic heterocycles. The number of nitrogens with two attached hydrogens (primary N) is 1. The number of nitrogen functional groups attached to an aromatic ring is 1. The van der Waals surface area contributed by atoms with Gasteiger partial charge in [0.2, 0.25) is 0 Å². The van der Waals surface area contributed by atoms with Crippen molar-refractivity contribution in [3.8, 4) is 0 Å².